The molecule has 0 rings (SSSR count). The van der Waals surface area contributed by atoms with Crippen LogP contribution in [0.3, 0.4) is 0 Å². The normalized spacial score (nSPS) is 17.4. The summed E-state index contributed by atoms with van der Waals surface area (Å²) in [6.45, 7) is 4.68. The highest BCUT2D eigenvalue weighted by molar-refractivity contribution is 5.61. The number of carbonyl (C=O) groups excluding carboxylic acids is 1. The Morgan fingerprint density at radius 3 is 1.69 bits per heavy atom. The maximum Gasteiger partial charge on any atom is 0.509 e. The summed E-state index contributed by atoms with van der Waals surface area (Å²) < 4.78 is 117. The van der Waals surface area contributed by atoms with Crippen LogP contribution < -0.4 is 0 Å². The molecule has 3 nitrogen and oxygen atoms in total. The fraction of sp³-hybridized carbons (Fsp3) is 0.933. The van der Waals surface area contributed by atoms with Crippen LogP contribution in [0.2, 0.25) is 0 Å². The highest BCUT2D eigenvalue weighted by Crippen LogP contribution is 2.52. The van der Waals surface area contributed by atoms with Gasteiger partial charge in [0.2, 0.25) is 0 Å². The van der Waals surface area contributed by atoms with Gasteiger partial charge in [0.15, 0.2) is 0 Å². The van der Waals surface area contributed by atoms with Crippen molar-refractivity contribution >= 4 is 6.16 Å². The van der Waals surface area contributed by atoms with E-state index in [2.05, 4.69) is 9.47 Å². The van der Waals surface area contributed by atoms with Crippen molar-refractivity contribution in [2.24, 2.45) is 0 Å². The van der Waals surface area contributed by atoms with Crippen LogP contribution in [-0.2, 0) is 9.47 Å². The summed E-state index contributed by atoms with van der Waals surface area (Å²) in [6, 6.07) is 0. The predicted octanol–water partition coefficient (Wildman–Crippen LogP) is 6.06. The third-order valence-electron chi connectivity index (χ3n) is 3.18. The van der Waals surface area contributed by atoms with Gasteiger partial charge in [-0.15, -0.1) is 0 Å². The van der Waals surface area contributed by atoms with Crippen molar-refractivity contribution in [1.29, 1.82) is 0 Å². The van der Waals surface area contributed by atoms with E-state index in [0.717, 1.165) is 6.92 Å². The zero-order chi connectivity index (χ0) is 21.2. The van der Waals surface area contributed by atoms with Gasteiger partial charge in [-0.05, 0) is 34.1 Å². The summed E-state index contributed by atoms with van der Waals surface area (Å²) in [7, 11) is 0. The Balaban J connectivity index is 6.21. The molecule has 156 valence electrons. The fourth-order valence-electron chi connectivity index (χ4n) is 2.05. The minimum atomic E-state index is -6.04. The van der Waals surface area contributed by atoms with Crippen LogP contribution in [0, 0.1) is 0 Å². The summed E-state index contributed by atoms with van der Waals surface area (Å²) in [5, 5.41) is 0. The van der Waals surface area contributed by atoms with Crippen molar-refractivity contribution in [2.45, 2.75) is 89.3 Å². The third-order valence-corrected chi connectivity index (χ3v) is 3.18. The van der Waals surface area contributed by atoms with Crippen LogP contribution in [0.15, 0.2) is 0 Å². The summed E-state index contributed by atoms with van der Waals surface area (Å²) in [5.74, 6) is -9.56. The van der Waals surface area contributed by atoms with Crippen LogP contribution in [0.5, 0.6) is 0 Å². The molecule has 0 saturated carbocycles. The number of hydrogen-bond donors (Lipinski definition) is 0. The molecule has 0 aromatic rings. The highest BCUT2D eigenvalue weighted by atomic mass is 19.4. The van der Waals surface area contributed by atoms with Gasteiger partial charge in [0, 0.05) is 6.42 Å². The van der Waals surface area contributed by atoms with E-state index in [1.165, 1.54) is 20.8 Å². The van der Waals surface area contributed by atoms with Crippen LogP contribution >= 0.6 is 0 Å². The molecule has 2 atom stereocenters. The summed E-state index contributed by atoms with van der Waals surface area (Å²) in [4.78, 5) is 11.6. The first-order valence-corrected chi connectivity index (χ1v) is 7.65. The molecule has 0 radical (unpaired) electrons. The third kappa shape index (κ3) is 6.79. The van der Waals surface area contributed by atoms with Crippen LogP contribution in [0.4, 0.5) is 39.9 Å². The minimum absolute atomic E-state index is 0.0255. The van der Waals surface area contributed by atoms with Crippen LogP contribution in [0.25, 0.3) is 0 Å². The molecule has 0 saturated heterocycles. The quantitative estimate of drug-likeness (QED) is 0.384. The number of rotatable bonds is 7. The summed E-state index contributed by atoms with van der Waals surface area (Å²) >= 11 is 0. The molecule has 0 aromatic heterocycles. The smallest absolute Gasteiger partial charge is 0.429 e. The van der Waals surface area contributed by atoms with E-state index in [1.54, 1.807) is 0 Å². The molecular weight excluding hydrogens is 380 g/mol. The van der Waals surface area contributed by atoms with E-state index in [4.69, 9.17) is 0 Å². The molecule has 0 heterocycles. The van der Waals surface area contributed by atoms with Crippen molar-refractivity contribution < 1.29 is 49.4 Å². The molecule has 0 amide bonds. The van der Waals surface area contributed by atoms with Crippen molar-refractivity contribution in [2.75, 3.05) is 0 Å². The lowest BCUT2D eigenvalue weighted by Gasteiger charge is -2.42. The average molecular weight is 402 g/mol. The van der Waals surface area contributed by atoms with E-state index < -0.39 is 60.8 Å². The largest absolute Gasteiger partial charge is 0.509 e. The van der Waals surface area contributed by atoms with Gasteiger partial charge in [0.1, 0.15) is 11.8 Å². The van der Waals surface area contributed by atoms with Crippen molar-refractivity contribution in [3.8, 4) is 0 Å². The first-order valence-electron chi connectivity index (χ1n) is 7.65. The molecule has 2 unspecified atom stereocenters. The fourth-order valence-corrected chi connectivity index (χ4v) is 2.05. The van der Waals surface area contributed by atoms with Gasteiger partial charge in [-0.2, -0.15) is 13.2 Å². The molecule has 26 heavy (non-hydrogen) atoms. The van der Waals surface area contributed by atoms with Gasteiger partial charge in [0.25, 0.3) is 11.5 Å². The van der Waals surface area contributed by atoms with Crippen LogP contribution in [-0.4, -0.2) is 41.6 Å². The van der Waals surface area contributed by atoms with Gasteiger partial charge in [-0.1, -0.05) is 6.92 Å². The van der Waals surface area contributed by atoms with Crippen molar-refractivity contribution in [3.63, 3.8) is 0 Å². The molecular formula is C15H22F8O3. The molecule has 0 aliphatic heterocycles. The SMILES string of the molecule is CCC(F)CC(OC(=O)OC(C)(C)C)(C(F)(F)F)C(F)(F)CC(C)(F)F. The Bertz CT molecular complexity index is 479. The Labute approximate surface area is 146 Å². The Morgan fingerprint density at radius 2 is 1.38 bits per heavy atom. The molecule has 0 fully saturated rings. The van der Waals surface area contributed by atoms with Gasteiger partial charge < -0.3 is 9.47 Å². The molecule has 0 bridgehead atoms. The lowest BCUT2D eigenvalue weighted by Crippen LogP contribution is -2.63. The predicted molar refractivity (Wildman–Crippen MR) is 76.1 cm³/mol. The number of alkyl halides is 8. The van der Waals surface area contributed by atoms with E-state index in [0.29, 0.717) is 0 Å². The van der Waals surface area contributed by atoms with Gasteiger partial charge in [0.05, 0.1) is 6.42 Å². The first kappa shape index (κ1) is 24.7. The molecule has 0 spiro atoms. The summed E-state index contributed by atoms with van der Waals surface area (Å²) in [6.07, 6.45) is -16.0. The minimum Gasteiger partial charge on any atom is -0.429 e. The van der Waals surface area contributed by atoms with E-state index in [1.807, 2.05) is 0 Å². The molecule has 0 aromatic carbocycles. The highest BCUT2D eigenvalue weighted by Gasteiger charge is 2.74. The summed E-state index contributed by atoms with van der Waals surface area (Å²) in [5.41, 5.74) is -6.23. The Kier molecular flexibility index (Phi) is 7.37. The maximum absolute atomic E-state index is 14.3. The van der Waals surface area contributed by atoms with Crippen LogP contribution in [0.1, 0.15) is 53.9 Å². The van der Waals surface area contributed by atoms with Gasteiger partial charge in [-0.3, -0.25) is 0 Å². The van der Waals surface area contributed by atoms with E-state index >= 15 is 0 Å². The zero-order valence-corrected chi connectivity index (χ0v) is 14.9. The molecule has 11 heteroatoms. The number of hydrogen-bond acceptors (Lipinski definition) is 3. The van der Waals surface area contributed by atoms with E-state index in [9.17, 15) is 39.9 Å². The van der Waals surface area contributed by atoms with Crippen molar-refractivity contribution in [1.82, 2.24) is 0 Å². The lowest BCUT2D eigenvalue weighted by atomic mass is 9.84. The molecule has 0 aliphatic rings. The van der Waals surface area contributed by atoms with Gasteiger partial charge >= 0.3 is 18.3 Å². The zero-order valence-electron chi connectivity index (χ0n) is 14.9. The van der Waals surface area contributed by atoms with E-state index in [-0.39, 0.29) is 6.92 Å². The first-order chi connectivity index (χ1) is 11.3. The topological polar surface area (TPSA) is 35.5 Å². The second-order valence-electron chi connectivity index (χ2n) is 7.05. The Morgan fingerprint density at radius 1 is 0.923 bits per heavy atom. The maximum atomic E-state index is 14.3. The average Bonchev–Trinajstić information content (AvgIpc) is 2.30. The lowest BCUT2D eigenvalue weighted by molar-refractivity contribution is -0.347. The molecule has 0 aliphatic carbocycles. The second kappa shape index (κ2) is 7.75. The van der Waals surface area contributed by atoms with Gasteiger partial charge in [-0.25, -0.2) is 26.7 Å². The number of ether oxygens (including phenoxy) is 2. The monoisotopic (exact) mass is 402 g/mol. The molecule has 0 N–H and O–H groups in total. The number of halogens is 8. The Hall–Kier alpha value is -1.29. The standard InChI is InChI=1S/C15H22F8O3/c1-6-9(16)7-13(15(21,22)23,14(19,20)8-12(5,17)18)26-10(24)25-11(2,3)4/h9H,6-8H2,1-5H3. The van der Waals surface area contributed by atoms with Crippen molar-refractivity contribution in [3.05, 3.63) is 0 Å². The number of carbonyl (C=O) groups is 1. The second-order valence-corrected chi connectivity index (χ2v) is 7.05.